The first kappa shape index (κ1) is 18.5. The quantitative estimate of drug-likeness (QED) is 0.812. The van der Waals surface area contributed by atoms with Gasteiger partial charge in [0.2, 0.25) is 5.91 Å². The van der Waals surface area contributed by atoms with Gasteiger partial charge in [-0.1, -0.05) is 43.7 Å². The lowest BCUT2D eigenvalue weighted by Gasteiger charge is -2.28. The van der Waals surface area contributed by atoms with Gasteiger partial charge in [-0.3, -0.25) is 4.79 Å². The molecule has 2 unspecified atom stereocenters. The van der Waals surface area contributed by atoms with Gasteiger partial charge in [-0.25, -0.2) is 0 Å². The van der Waals surface area contributed by atoms with E-state index >= 15 is 0 Å². The van der Waals surface area contributed by atoms with Crippen LogP contribution in [-0.4, -0.2) is 23.7 Å². The Morgan fingerprint density at radius 2 is 1.86 bits per heavy atom. The van der Waals surface area contributed by atoms with Crippen LogP contribution < -0.4 is 11.1 Å². The summed E-state index contributed by atoms with van der Waals surface area (Å²) in [7, 11) is 0. The van der Waals surface area contributed by atoms with E-state index in [1.54, 1.807) is 30.3 Å². The number of amides is 1. The minimum Gasteiger partial charge on any atom is -0.343 e. The molecular weight excluding hydrogens is 293 g/mol. The van der Waals surface area contributed by atoms with Crippen molar-refractivity contribution in [2.75, 3.05) is 0 Å². The Balaban J connectivity index is 2.71. The first-order valence-corrected chi connectivity index (χ1v) is 7.37. The smallest absolute Gasteiger partial charge is 0.343 e. The first-order valence-electron chi connectivity index (χ1n) is 7.37. The molecule has 124 valence electrons. The average molecular weight is 316 g/mol. The molecule has 1 aromatic carbocycles. The third-order valence-electron chi connectivity index (χ3n) is 3.55. The molecule has 0 aromatic heterocycles. The number of hydrogen-bond donors (Lipinski definition) is 2. The van der Waals surface area contributed by atoms with E-state index in [0.717, 1.165) is 5.56 Å². The molecule has 1 aromatic rings. The van der Waals surface area contributed by atoms with E-state index < -0.39 is 23.7 Å². The van der Waals surface area contributed by atoms with Crippen LogP contribution in [0.4, 0.5) is 13.2 Å². The van der Waals surface area contributed by atoms with E-state index in [4.69, 9.17) is 5.73 Å². The summed E-state index contributed by atoms with van der Waals surface area (Å²) in [5, 5.41) is 2.06. The van der Waals surface area contributed by atoms with E-state index in [1.807, 2.05) is 6.92 Å². The number of carbonyl (C=O) groups excluding carboxylic acids is 1. The highest BCUT2D eigenvalue weighted by Gasteiger charge is 2.42. The van der Waals surface area contributed by atoms with Crippen LogP contribution in [0.1, 0.15) is 38.7 Å². The SMILES string of the molecule is CCCC(C)(N)C(=O)NC(CCc1ccccc1)C(F)(F)F. The Morgan fingerprint density at radius 1 is 1.27 bits per heavy atom. The minimum atomic E-state index is -4.49. The molecule has 0 fully saturated rings. The van der Waals surface area contributed by atoms with Gasteiger partial charge in [0.15, 0.2) is 0 Å². The van der Waals surface area contributed by atoms with Crippen LogP contribution >= 0.6 is 0 Å². The Kier molecular flexibility index (Phi) is 6.41. The van der Waals surface area contributed by atoms with E-state index in [9.17, 15) is 18.0 Å². The monoisotopic (exact) mass is 316 g/mol. The fourth-order valence-electron chi connectivity index (χ4n) is 2.23. The Hall–Kier alpha value is -1.56. The highest BCUT2D eigenvalue weighted by atomic mass is 19.4. The average Bonchev–Trinajstić information content (AvgIpc) is 2.42. The second-order valence-corrected chi connectivity index (χ2v) is 5.76. The molecule has 0 saturated carbocycles. The number of benzene rings is 1. The largest absolute Gasteiger partial charge is 0.408 e. The summed E-state index contributed by atoms with van der Waals surface area (Å²) >= 11 is 0. The molecule has 1 amide bonds. The Bertz CT molecular complexity index is 472. The molecule has 6 heteroatoms. The summed E-state index contributed by atoms with van der Waals surface area (Å²) in [4.78, 5) is 12.0. The first-order chi connectivity index (χ1) is 10.2. The minimum absolute atomic E-state index is 0.207. The molecule has 0 bridgehead atoms. The van der Waals surface area contributed by atoms with Gasteiger partial charge in [-0.15, -0.1) is 0 Å². The summed E-state index contributed by atoms with van der Waals surface area (Å²) < 4.78 is 39.3. The lowest BCUT2D eigenvalue weighted by Crippen LogP contribution is -2.57. The fraction of sp³-hybridized carbons (Fsp3) is 0.562. The van der Waals surface area contributed by atoms with Crippen molar-refractivity contribution in [2.45, 2.75) is 57.3 Å². The van der Waals surface area contributed by atoms with Crippen LogP contribution in [0.25, 0.3) is 0 Å². The summed E-state index contributed by atoms with van der Waals surface area (Å²) in [6.07, 6.45) is -3.50. The molecule has 2 atom stereocenters. The van der Waals surface area contributed by atoms with Crippen molar-refractivity contribution >= 4 is 5.91 Å². The number of alkyl halides is 3. The van der Waals surface area contributed by atoms with Crippen molar-refractivity contribution in [2.24, 2.45) is 5.73 Å². The predicted molar refractivity (Wildman–Crippen MR) is 80.2 cm³/mol. The highest BCUT2D eigenvalue weighted by Crippen LogP contribution is 2.24. The van der Waals surface area contributed by atoms with E-state index in [0.29, 0.717) is 12.8 Å². The van der Waals surface area contributed by atoms with Gasteiger partial charge in [-0.2, -0.15) is 13.2 Å². The zero-order valence-electron chi connectivity index (χ0n) is 12.9. The number of rotatable bonds is 7. The second-order valence-electron chi connectivity index (χ2n) is 5.76. The molecule has 3 nitrogen and oxygen atoms in total. The van der Waals surface area contributed by atoms with E-state index in [2.05, 4.69) is 5.32 Å². The zero-order chi connectivity index (χ0) is 16.8. The van der Waals surface area contributed by atoms with Crippen LogP contribution in [-0.2, 0) is 11.2 Å². The number of carbonyl (C=O) groups is 1. The van der Waals surface area contributed by atoms with Crippen LogP contribution in [0, 0.1) is 0 Å². The number of nitrogens with one attached hydrogen (secondary N) is 1. The second kappa shape index (κ2) is 7.63. The van der Waals surface area contributed by atoms with Crippen LogP contribution in [0.15, 0.2) is 30.3 Å². The van der Waals surface area contributed by atoms with Gasteiger partial charge in [0.1, 0.15) is 6.04 Å². The fourth-order valence-corrected chi connectivity index (χ4v) is 2.23. The molecular formula is C16H23F3N2O. The summed E-state index contributed by atoms with van der Waals surface area (Å²) in [6, 6.07) is 6.99. The van der Waals surface area contributed by atoms with Crippen molar-refractivity contribution < 1.29 is 18.0 Å². The lowest BCUT2D eigenvalue weighted by atomic mass is 9.95. The van der Waals surface area contributed by atoms with Gasteiger partial charge < -0.3 is 11.1 Å². The molecule has 1 rings (SSSR count). The van der Waals surface area contributed by atoms with Crippen LogP contribution in [0.2, 0.25) is 0 Å². The van der Waals surface area contributed by atoms with Gasteiger partial charge >= 0.3 is 6.18 Å². The standard InChI is InChI=1S/C16H23F3N2O/c1-3-11-15(2,20)14(22)21-13(16(17,18)19)10-9-12-7-5-4-6-8-12/h4-8,13H,3,9-11,20H2,1-2H3,(H,21,22). The Morgan fingerprint density at radius 3 is 2.36 bits per heavy atom. The van der Waals surface area contributed by atoms with Crippen molar-refractivity contribution in [3.8, 4) is 0 Å². The van der Waals surface area contributed by atoms with Gasteiger partial charge in [0.25, 0.3) is 0 Å². The zero-order valence-corrected chi connectivity index (χ0v) is 12.9. The molecule has 0 aliphatic heterocycles. The maximum absolute atomic E-state index is 13.1. The summed E-state index contributed by atoms with van der Waals surface area (Å²) in [6.45, 7) is 3.28. The molecule has 0 aliphatic carbocycles. The summed E-state index contributed by atoms with van der Waals surface area (Å²) in [5.41, 5.74) is 5.30. The third-order valence-corrected chi connectivity index (χ3v) is 3.55. The Labute approximate surface area is 129 Å². The topological polar surface area (TPSA) is 55.1 Å². The maximum atomic E-state index is 13.1. The highest BCUT2D eigenvalue weighted by molar-refractivity contribution is 5.85. The van der Waals surface area contributed by atoms with Gasteiger partial charge in [-0.05, 0) is 31.7 Å². The van der Waals surface area contributed by atoms with Gasteiger partial charge in [0.05, 0.1) is 5.54 Å². The molecule has 0 heterocycles. The van der Waals surface area contributed by atoms with Gasteiger partial charge in [0, 0.05) is 0 Å². The molecule has 0 radical (unpaired) electrons. The number of hydrogen-bond acceptors (Lipinski definition) is 2. The molecule has 22 heavy (non-hydrogen) atoms. The number of nitrogens with two attached hydrogens (primary N) is 1. The van der Waals surface area contributed by atoms with E-state index in [1.165, 1.54) is 6.92 Å². The van der Waals surface area contributed by atoms with Crippen molar-refractivity contribution in [1.82, 2.24) is 5.32 Å². The summed E-state index contributed by atoms with van der Waals surface area (Å²) in [5.74, 6) is -0.760. The third kappa shape index (κ3) is 5.67. The molecule has 0 aliphatic rings. The molecule has 0 spiro atoms. The number of aryl methyl sites for hydroxylation is 1. The van der Waals surface area contributed by atoms with Crippen molar-refractivity contribution in [1.29, 1.82) is 0 Å². The lowest BCUT2D eigenvalue weighted by molar-refractivity contribution is -0.164. The maximum Gasteiger partial charge on any atom is 0.408 e. The molecule has 3 N–H and O–H groups in total. The van der Waals surface area contributed by atoms with Crippen molar-refractivity contribution in [3.05, 3.63) is 35.9 Å². The van der Waals surface area contributed by atoms with Crippen LogP contribution in [0.5, 0.6) is 0 Å². The normalized spacial score (nSPS) is 15.9. The molecule has 0 saturated heterocycles. The predicted octanol–water partition coefficient (Wildman–Crippen LogP) is 3.18. The van der Waals surface area contributed by atoms with Crippen molar-refractivity contribution in [3.63, 3.8) is 0 Å². The van der Waals surface area contributed by atoms with Crippen LogP contribution in [0.3, 0.4) is 0 Å². The van der Waals surface area contributed by atoms with E-state index in [-0.39, 0.29) is 12.8 Å². The number of halogens is 3.